The van der Waals surface area contributed by atoms with Crippen molar-refractivity contribution in [1.82, 2.24) is 9.97 Å². The molecule has 43 heavy (non-hydrogen) atoms. The normalized spacial score (nSPS) is 18.3. The summed E-state index contributed by atoms with van der Waals surface area (Å²) in [6.07, 6.45) is 0.794. The summed E-state index contributed by atoms with van der Waals surface area (Å²) < 4.78 is 83.2. The fourth-order valence-electron chi connectivity index (χ4n) is 4.64. The Bertz CT molecular complexity index is 1700. The van der Waals surface area contributed by atoms with Gasteiger partial charge in [-0.2, -0.15) is 4.98 Å². The highest BCUT2D eigenvalue weighted by molar-refractivity contribution is 6.74. The van der Waals surface area contributed by atoms with E-state index in [1.165, 1.54) is 19.4 Å². The summed E-state index contributed by atoms with van der Waals surface area (Å²) in [6, 6.07) is 9.03. The van der Waals surface area contributed by atoms with Gasteiger partial charge in [-0.25, -0.2) is 22.5 Å². The van der Waals surface area contributed by atoms with Crippen LogP contribution in [0, 0.1) is 17.0 Å². The van der Waals surface area contributed by atoms with E-state index in [0.717, 1.165) is 6.07 Å². The minimum Gasteiger partial charge on any atom is -0.468 e. The van der Waals surface area contributed by atoms with Gasteiger partial charge in [-0.05, 0) is 47.8 Å². The molecular formula is C31H33ClF4N2O4Si. The SMILES string of the molecule is COCOc1cc(-c2c(F)cc3cnc(OC[C@]4(CO[Si](C)(C)C(C)(C)C)CC4(F)F)nc3c2F)c2c(Cl)cccc2c1. The lowest BCUT2D eigenvalue weighted by Gasteiger charge is -2.37. The minimum absolute atomic E-state index is 0.0704. The lowest BCUT2D eigenvalue weighted by Crippen LogP contribution is -2.43. The van der Waals surface area contributed by atoms with E-state index in [1.807, 2.05) is 33.9 Å². The Hall–Kier alpha value is -2.99. The maximum Gasteiger partial charge on any atom is 0.317 e. The molecule has 1 fully saturated rings. The van der Waals surface area contributed by atoms with E-state index < -0.39 is 44.3 Å². The van der Waals surface area contributed by atoms with Crippen molar-refractivity contribution in [1.29, 1.82) is 0 Å². The second kappa shape index (κ2) is 11.2. The highest BCUT2D eigenvalue weighted by Gasteiger charge is 2.72. The molecule has 1 saturated carbocycles. The average molecular weight is 637 g/mol. The number of benzene rings is 3. The van der Waals surface area contributed by atoms with Crippen LogP contribution in [-0.2, 0) is 9.16 Å². The first-order valence-electron chi connectivity index (χ1n) is 13.7. The molecule has 1 aliphatic rings. The number of hydrogen-bond donors (Lipinski definition) is 0. The summed E-state index contributed by atoms with van der Waals surface area (Å²) in [7, 11) is -0.846. The number of halogens is 5. The number of fused-ring (bicyclic) bond motifs is 2. The molecule has 1 aliphatic carbocycles. The zero-order valence-corrected chi connectivity index (χ0v) is 26.5. The Balaban J connectivity index is 1.50. The lowest BCUT2D eigenvalue weighted by atomic mass is 9.96. The molecule has 1 atom stereocenters. The number of alkyl halides is 2. The fraction of sp³-hybridized carbons (Fsp3) is 0.419. The van der Waals surface area contributed by atoms with Gasteiger partial charge in [0.1, 0.15) is 23.7 Å². The smallest absolute Gasteiger partial charge is 0.317 e. The molecule has 4 aromatic rings. The molecule has 0 saturated heterocycles. The van der Waals surface area contributed by atoms with Gasteiger partial charge >= 0.3 is 6.01 Å². The third kappa shape index (κ3) is 5.92. The Kier molecular flexibility index (Phi) is 8.17. The maximum atomic E-state index is 16.2. The van der Waals surface area contributed by atoms with Crippen LogP contribution in [0.15, 0.2) is 42.6 Å². The molecule has 12 heteroatoms. The van der Waals surface area contributed by atoms with Gasteiger partial charge in [0.2, 0.25) is 0 Å². The van der Waals surface area contributed by atoms with Crippen LogP contribution in [0.25, 0.3) is 32.8 Å². The summed E-state index contributed by atoms with van der Waals surface area (Å²) in [4.78, 5) is 8.20. The van der Waals surface area contributed by atoms with Crippen molar-refractivity contribution in [3.05, 3.63) is 59.3 Å². The standard InChI is InChI=1S/C31H33ClF4N2O4Si/c1-29(2,3)43(5,6)42-16-30(14-31(30,35)36)15-40-28-37-13-19-11-23(33)25(26(34)27(19)38-28)21-12-20(41-17-39-4)10-18-8-7-9-22(32)24(18)21/h7-13H,14-17H2,1-6H3/t30-/m0/s1. The number of aromatic nitrogens is 2. The Morgan fingerprint density at radius 2 is 1.74 bits per heavy atom. The van der Waals surface area contributed by atoms with Crippen LogP contribution in [0.1, 0.15) is 27.2 Å². The molecular weight excluding hydrogens is 604 g/mol. The van der Waals surface area contributed by atoms with Crippen molar-refractivity contribution in [2.75, 3.05) is 27.1 Å². The van der Waals surface area contributed by atoms with Gasteiger partial charge in [0, 0.05) is 47.7 Å². The van der Waals surface area contributed by atoms with Crippen LogP contribution in [0.5, 0.6) is 11.8 Å². The van der Waals surface area contributed by atoms with E-state index in [-0.39, 0.29) is 51.5 Å². The minimum atomic E-state index is -2.98. The first-order valence-corrected chi connectivity index (χ1v) is 17.0. The third-order valence-electron chi connectivity index (χ3n) is 8.46. The molecule has 0 amide bonds. The highest BCUT2D eigenvalue weighted by Crippen LogP contribution is 2.61. The van der Waals surface area contributed by atoms with Gasteiger partial charge in [-0.15, -0.1) is 0 Å². The molecule has 0 aliphatic heterocycles. The van der Waals surface area contributed by atoms with Crippen LogP contribution >= 0.6 is 11.6 Å². The summed E-state index contributed by atoms with van der Waals surface area (Å²) in [6.45, 7) is 9.39. The summed E-state index contributed by atoms with van der Waals surface area (Å²) in [5.41, 5.74) is -2.01. The average Bonchev–Trinajstić information content (AvgIpc) is 3.49. The first kappa shape index (κ1) is 31.4. The van der Waals surface area contributed by atoms with Crippen molar-refractivity contribution in [2.24, 2.45) is 5.41 Å². The molecule has 0 unspecified atom stereocenters. The summed E-state index contributed by atoms with van der Waals surface area (Å²) in [5, 5.41) is 1.21. The number of rotatable bonds is 10. The number of methoxy groups -OCH3 is 1. The topological polar surface area (TPSA) is 62.7 Å². The Morgan fingerprint density at radius 3 is 2.40 bits per heavy atom. The van der Waals surface area contributed by atoms with Gasteiger partial charge in [0.15, 0.2) is 20.9 Å². The van der Waals surface area contributed by atoms with Crippen molar-refractivity contribution in [3.8, 4) is 22.9 Å². The van der Waals surface area contributed by atoms with Gasteiger partial charge in [0.25, 0.3) is 5.92 Å². The van der Waals surface area contributed by atoms with E-state index in [2.05, 4.69) is 9.97 Å². The molecule has 0 N–H and O–H groups in total. The molecule has 0 spiro atoms. The van der Waals surface area contributed by atoms with E-state index in [4.69, 9.17) is 30.2 Å². The monoisotopic (exact) mass is 636 g/mol. The maximum absolute atomic E-state index is 16.2. The first-order chi connectivity index (χ1) is 20.1. The largest absolute Gasteiger partial charge is 0.468 e. The van der Waals surface area contributed by atoms with Crippen LogP contribution in [0.4, 0.5) is 17.6 Å². The number of nitrogens with zero attached hydrogens (tertiary/aromatic N) is 2. The zero-order chi connectivity index (χ0) is 31.4. The number of hydrogen-bond acceptors (Lipinski definition) is 6. The van der Waals surface area contributed by atoms with E-state index in [9.17, 15) is 8.78 Å². The second-order valence-electron chi connectivity index (χ2n) is 12.5. The summed E-state index contributed by atoms with van der Waals surface area (Å²) in [5.74, 6) is -4.52. The van der Waals surface area contributed by atoms with E-state index in [0.29, 0.717) is 16.5 Å². The third-order valence-corrected chi connectivity index (χ3v) is 13.3. The highest BCUT2D eigenvalue weighted by atomic mass is 35.5. The Labute approximate surface area is 253 Å². The van der Waals surface area contributed by atoms with Crippen LogP contribution in [0.3, 0.4) is 0 Å². The zero-order valence-electron chi connectivity index (χ0n) is 24.8. The lowest BCUT2D eigenvalue weighted by molar-refractivity contribution is 0.0152. The Morgan fingerprint density at radius 1 is 1.02 bits per heavy atom. The molecule has 1 aromatic heterocycles. The van der Waals surface area contributed by atoms with Crippen LogP contribution < -0.4 is 9.47 Å². The molecule has 0 bridgehead atoms. The number of ether oxygens (including phenoxy) is 3. The van der Waals surface area contributed by atoms with Crippen LogP contribution in [-0.4, -0.2) is 51.3 Å². The van der Waals surface area contributed by atoms with Gasteiger partial charge in [-0.3, -0.25) is 0 Å². The van der Waals surface area contributed by atoms with Gasteiger partial charge < -0.3 is 18.6 Å². The quantitative estimate of drug-likeness (QED) is 0.0985. The molecule has 230 valence electrons. The van der Waals surface area contributed by atoms with Crippen molar-refractivity contribution in [2.45, 2.75) is 51.2 Å². The van der Waals surface area contributed by atoms with Crippen molar-refractivity contribution < 1.29 is 36.2 Å². The van der Waals surface area contributed by atoms with Crippen molar-refractivity contribution in [3.63, 3.8) is 0 Å². The predicted molar refractivity (Wildman–Crippen MR) is 161 cm³/mol. The molecule has 1 heterocycles. The van der Waals surface area contributed by atoms with Crippen molar-refractivity contribution >= 4 is 41.6 Å². The predicted octanol–water partition coefficient (Wildman–Crippen LogP) is 8.79. The van der Waals surface area contributed by atoms with Crippen LogP contribution in [0.2, 0.25) is 23.2 Å². The fourth-order valence-corrected chi connectivity index (χ4v) is 5.99. The van der Waals surface area contributed by atoms with E-state index in [1.54, 1.807) is 24.3 Å². The molecule has 3 aromatic carbocycles. The summed E-state index contributed by atoms with van der Waals surface area (Å²) >= 11 is 6.48. The molecule has 5 rings (SSSR count). The van der Waals surface area contributed by atoms with Gasteiger partial charge in [-0.1, -0.05) is 44.5 Å². The van der Waals surface area contributed by atoms with Gasteiger partial charge in [0.05, 0.1) is 11.0 Å². The van der Waals surface area contributed by atoms with E-state index >= 15 is 8.78 Å². The molecule has 0 radical (unpaired) electrons. The molecule has 6 nitrogen and oxygen atoms in total. The second-order valence-corrected chi connectivity index (χ2v) is 17.7.